The quantitative estimate of drug-likeness (QED) is 0.744. The number of methoxy groups -OCH3 is 1. The fourth-order valence-corrected chi connectivity index (χ4v) is 2.62. The molecule has 0 saturated heterocycles. The Labute approximate surface area is 145 Å². The van der Waals surface area contributed by atoms with Crippen molar-refractivity contribution in [2.45, 2.75) is 19.3 Å². The molecule has 6 nitrogen and oxygen atoms in total. The molecular formula is C19H19N3O3. The molecule has 3 rings (SSSR count). The van der Waals surface area contributed by atoms with Crippen LogP contribution in [0.5, 0.6) is 5.75 Å². The van der Waals surface area contributed by atoms with E-state index in [-0.39, 0.29) is 18.2 Å². The van der Waals surface area contributed by atoms with E-state index in [9.17, 15) is 4.79 Å². The molecule has 0 aliphatic carbocycles. The number of hydrogen-bond acceptors (Lipinski definition) is 5. The maximum absolute atomic E-state index is 12.6. The molecular weight excluding hydrogens is 318 g/mol. The van der Waals surface area contributed by atoms with Gasteiger partial charge in [0.25, 0.3) is 0 Å². The molecule has 1 unspecified atom stereocenters. The molecule has 0 saturated carbocycles. The van der Waals surface area contributed by atoms with E-state index in [1.807, 2.05) is 42.5 Å². The molecule has 128 valence electrons. The Hall–Kier alpha value is -3.15. The summed E-state index contributed by atoms with van der Waals surface area (Å²) in [5.74, 6) is 1.05. The van der Waals surface area contributed by atoms with Crippen molar-refractivity contribution in [1.29, 1.82) is 0 Å². The van der Waals surface area contributed by atoms with Crippen molar-refractivity contribution in [2.24, 2.45) is 0 Å². The number of benzene rings is 2. The number of aryl methyl sites for hydroxylation is 1. The van der Waals surface area contributed by atoms with E-state index in [0.29, 0.717) is 23.2 Å². The first-order valence-corrected chi connectivity index (χ1v) is 7.95. The second-order valence-electron chi connectivity index (χ2n) is 5.58. The largest absolute Gasteiger partial charge is 0.495 e. The molecule has 1 heterocycles. The van der Waals surface area contributed by atoms with Crippen LogP contribution in [0.25, 0.3) is 0 Å². The van der Waals surface area contributed by atoms with Crippen molar-refractivity contribution < 1.29 is 13.9 Å². The summed E-state index contributed by atoms with van der Waals surface area (Å²) in [5, 5.41) is 10.9. The van der Waals surface area contributed by atoms with Crippen LogP contribution in [0.2, 0.25) is 0 Å². The highest BCUT2D eigenvalue weighted by atomic mass is 16.5. The van der Waals surface area contributed by atoms with Crippen LogP contribution in [0.15, 0.2) is 59.0 Å². The molecule has 1 atom stereocenters. The van der Waals surface area contributed by atoms with Crippen molar-refractivity contribution in [3.63, 3.8) is 0 Å². The van der Waals surface area contributed by atoms with E-state index in [1.165, 1.54) is 0 Å². The van der Waals surface area contributed by atoms with E-state index in [4.69, 9.17) is 9.15 Å². The van der Waals surface area contributed by atoms with Gasteiger partial charge in [-0.05, 0) is 17.7 Å². The molecule has 0 aliphatic heterocycles. The van der Waals surface area contributed by atoms with Crippen LogP contribution in [-0.2, 0) is 4.79 Å². The van der Waals surface area contributed by atoms with Gasteiger partial charge in [0.1, 0.15) is 5.75 Å². The molecule has 2 aromatic carbocycles. The molecule has 1 amide bonds. The Bertz CT molecular complexity index is 846. The van der Waals surface area contributed by atoms with Gasteiger partial charge < -0.3 is 14.5 Å². The van der Waals surface area contributed by atoms with Gasteiger partial charge in [0.15, 0.2) is 0 Å². The summed E-state index contributed by atoms with van der Waals surface area (Å²) in [6.07, 6.45) is 0.184. The maximum Gasteiger partial charge on any atom is 0.225 e. The number of hydrogen-bond donors (Lipinski definition) is 1. The number of anilines is 1. The summed E-state index contributed by atoms with van der Waals surface area (Å²) in [7, 11) is 1.57. The Balaban J connectivity index is 1.82. The zero-order chi connectivity index (χ0) is 17.6. The van der Waals surface area contributed by atoms with Crippen LogP contribution in [0.1, 0.15) is 29.7 Å². The van der Waals surface area contributed by atoms with Gasteiger partial charge in [0.2, 0.25) is 17.7 Å². The van der Waals surface area contributed by atoms with Crippen molar-refractivity contribution >= 4 is 11.6 Å². The van der Waals surface area contributed by atoms with Gasteiger partial charge >= 0.3 is 0 Å². The van der Waals surface area contributed by atoms with Gasteiger partial charge in [-0.1, -0.05) is 42.5 Å². The minimum Gasteiger partial charge on any atom is -0.495 e. The third-order valence-electron chi connectivity index (χ3n) is 3.81. The predicted octanol–water partition coefficient (Wildman–Crippen LogP) is 3.55. The van der Waals surface area contributed by atoms with Crippen LogP contribution in [0, 0.1) is 6.92 Å². The molecule has 25 heavy (non-hydrogen) atoms. The Morgan fingerprint density at radius 1 is 1.12 bits per heavy atom. The third kappa shape index (κ3) is 4.03. The summed E-state index contributed by atoms with van der Waals surface area (Å²) < 4.78 is 10.8. The second kappa shape index (κ2) is 7.61. The lowest BCUT2D eigenvalue weighted by molar-refractivity contribution is -0.116. The zero-order valence-electron chi connectivity index (χ0n) is 14.1. The van der Waals surface area contributed by atoms with Gasteiger partial charge in [-0.3, -0.25) is 4.79 Å². The molecule has 0 radical (unpaired) electrons. The summed E-state index contributed by atoms with van der Waals surface area (Å²) in [6.45, 7) is 1.73. The molecule has 6 heteroatoms. The van der Waals surface area contributed by atoms with Crippen LogP contribution in [0.3, 0.4) is 0 Å². The van der Waals surface area contributed by atoms with E-state index in [0.717, 1.165) is 5.56 Å². The lowest BCUT2D eigenvalue weighted by atomic mass is 9.95. The number of carbonyl (C=O) groups is 1. The lowest BCUT2D eigenvalue weighted by Gasteiger charge is -2.15. The summed E-state index contributed by atoms with van der Waals surface area (Å²) in [4.78, 5) is 12.6. The maximum atomic E-state index is 12.6. The topological polar surface area (TPSA) is 77.2 Å². The van der Waals surface area contributed by atoms with Crippen molar-refractivity contribution in [2.75, 3.05) is 12.4 Å². The first-order chi connectivity index (χ1) is 12.2. The van der Waals surface area contributed by atoms with Crippen LogP contribution in [0.4, 0.5) is 5.69 Å². The summed E-state index contributed by atoms with van der Waals surface area (Å²) >= 11 is 0. The highest BCUT2D eigenvalue weighted by molar-refractivity contribution is 5.92. The van der Waals surface area contributed by atoms with E-state index < -0.39 is 0 Å². The van der Waals surface area contributed by atoms with Gasteiger partial charge in [-0.25, -0.2) is 0 Å². The highest BCUT2D eigenvalue weighted by Gasteiger charge is 2.24. The van der Waals surface area contributed by atoms with Crippen molar-refractivity contribution in [3.8, 4) is 5.75 Å². The first-order valence-electron chi connectivity index (χ1n) is 7.95. The van der Waals surface area contributed by atoms with E-state index >= 15 is 0 Å². The zero-order valence-corrected chi connectivity index (χ0v) is 14.1. The SMILES string of the molecule is COc1ccccc1NC(=O)CC(c1ccccc1)c1nnc(C)o1. The molecule has 0 fully saturated rings. The number of nitrogens with one attached hydrogen (secondary N) is 1. The fraction of sp³-hybridized carbons (Fsp3) is 0.211. The molecule has 3 aromatic rings. The van der Waals surface area contributed by atoms with Crippen molar-refractivity contribution in [3.05, 3.63) is 71.9 Å². The van der Waals surface area contributed by atoms with Gasteiger partial charge in [0.05, 0.1) is 18.7 Å². The van der Waals surface area contributed by atoms with Gasteiger partial charge in [-0.2, -0.15) is 0 Å². The number of aromatic nitrogens is 2. The molecule has 0 bridgehead atoms. The standard InChI is InChI=1S/C19H19N3O3/c1-13-21-22-19(25-13)15(14-8-4-3-5-9-14)12-18(23)20-16-10-6-7-11-17(16)24-2/h3-11,15H,12H2,1-2H3,(H,20,23). The number of para-hydroxylation sites is 2. The Morgan fingerprint density at radius 2 is 1.84 bits per heavy atom. The third-order valence-corrected chi connectivity index (χ3v) is 3.81. The highest BCUT2D eigenvalue weighted by Crippen LogP contribution is 2.29. The lowest BCUT2D eigenvalue weighted by Crippen LogP contribution is -2.17. The summed E-state index contributed by atoms with van der Waals surface area (Å²) in [6, 6.07) is 16.9. The average Bonchev–Trinajstić information content (AvgIpc) is 3.07. The number of nitrogens with zero attached hydrogens (tertiary/aromatic N) is 2. The van der Waals surface area contributed by atoms with E-state index in [2.05, 4.69) is 15.5 Å². The fourth-order valence-electron chi connectivity index (χ4n) is 2.62. The number of rotatable bonds is 6. The number of amides is 1. The molecule has 0 aliphatic rings. The number of carbonyl (C=O) groups excluding carboxylic acids is 1. The minimum atomic E-state index is -0.308. The van der Waals surface area contributed by atoms with E-state index in [1.54, 1.807) is 26.2 Å². The Kier molecular flexibility index (Phi) is 5.09. The molecule has 1 N–H and O–H groups in total. The van der Waals surface area contributed by atoms with Crippen molar-refractivity contribution in [1.82, 2.24) is 10.2 Å². The van der Waals surface area contributed by atoms with Crippen LogP contribution < -0.4 is 10.1 Å². The first kappa shape index (κ1) is 16.7. The summed E-state index contributed by atoms with van der Waals surface area (Å²) in [5.41, 5.74) is 1.57. The molecule has 1 aromatic heterocycles. The minimum absolute atomic E-state index is 0.158. The average molecular weight is 337 g/mol. The Morgan fingerprint density at radius 3 is 2.52 bits per heavy atom. The second-order valence-corrected chi connectivity index (χ2v) is 5.58. The molecule has 0 spiro atoms. The smallest absolute Gasteiger partial charge is 0.225 e. The van der Waals surface area contributed by atoms with Crippen LogP contribution in [-0.4, -0.2) is 23.2 Å². The normalized spacial score (nSPS) is 11.8. The van der Waals surface area contributed by atoms with Gasteiger partial charge in [0, 0.05) is 13.3 Å². The monoisotopic (exact) mass is 337 g/mol. The predicted molar refractivity (Wildman–Crippen MR) is 93.6 cm³/mol. The van der Waals surface area contributed by atoms with Crippen LogP contribution >= 0.6 is 0 Å². The number of ether oxygens (including phenoxy) is 1. The van der Waals surface area contributed by atoms with Gasteiger partial charge in [-0.15, -0.1) is 10.2 Å².